The largest absolute Gasteiger partial charge is 0.494 e. The number of hydrogen-bond acceptors (Lipinski definition) is 2. The Morgan fingerprint density at radius 2 is 2.06 bits per heavy atom. The maximum Gasteiger partial charge on any atom is 0.119 e. The van der Waals surface area contributed by atoms with E-state index in [1.807, 2.05) is 6.92 Å². The molecular formula is C16H25NO. The van der Waals surface area contributed by atoms with Gasteiger partial charge in [0.2, 0.25) is 0 Å². The highest BCUT2D eigenvalue weighted by Gasteiger charge is 2.23. The number of likely N-dealkylation sites (N-methyl/N-ethyl adjacent to an activating group) is 1. The van der Waals surface area contributed by atoms with Crippen molar-refractivity contribution in [2.75, 3.05) is 13.7 Å². The van der Waals surface area contributed by atoms with Gasteiger partial charge in [-0.3, -0.25) is 0 Å². The van der Waals surface area contributed by atoms with Crippen LogP contribution in [0.1, 0.15) is 50.5 Å². The summed E-state index contributed by atoms with van der Waals surface area (Å²) in [5.41, 5.74) is 1.43. The van der Waals surface area contributed by atoms with Gasteiger partial charge in [-0.2, -0.15) is 0 Å². The van der Waals surface area contributed by atoms with Crippen LogP contribution < -0.4 is 10.1 Å². The summed E-state index contributed by atoms with van der Waals surface area (Å²) < 4.78 is 5.62. The van der Waals surface area contributed by atoms with Crippen LogP contribution in [0.2, 0.25) is 0 Å². The lowest BCUT2D eigenvalue weighted by atomic mass is 9.87. The van der Waals surface area contributed by atoms with Crippen LogP contribution in [0.3, 0.4) is 0 Å². The van der Waals surface area contributed by atoms with Gasteiger partial charge in [0.15, 0.2) is 0 Å². The van der Waals surface area contributed by atoms with Crippen LogP contribution in [0, 0.1) is 0 Å². The van der Waals surface area contributed by atoms with E-state index in [1.165, 1.54) is 37.7 Å². The molecule has 2 nitrogen and oxygen atoms in total. The number of benzene rings is 1. The first-order chi connectivity index (χ1) is 8.85. The molecule has 0 aromatic heterocycles. The van der Waals surface area contributed by atoms with Crippen molar-refractivity contribution >= 4 is 0 Å². The molecule has 2 heteroatoms. The Bertz CT molecular complexity index is 364. The van der Waals surface area contributed by atoms with Gasteiger partial charge in [-0.1, -0.05) is 31.4 Å². The molecule has 0 saturated heterocycles. The molecule has 0 bridgehead atoms. The molecule has 18 heavy (non-hydrogen) atoms. The lowest BCUT2D eigenvalue weighted by molar-refractivity contribution is 0.339. The van der Waals surface area contributed by atoms with Crippen molar-refractivity contribution in [2.24, 2.45) is 0 Å². The van der Waals surface area contributed by atoms with Crippen molar-refractivity contribution in [2.45, 2.75) is 51.0 Å². The molecule has 0 heterocycles. The minimum absolute atomic E-state index is 0.615. The number of rotatable bonds is 4. The molecule has 1 aliphatic carbocycles. The molecule has 1 aromatic rings. The van der Waals surface area contributed by atoms with Crippen LogP contribution in [-0.4, -0.2) is 19.7 Å². The Morgan fingerprint density at radius 3 is 2.83 bits per heavy atom. The highest BCUT2D eigenvalue weighted by molar-refractivity contribution is 5.32. The first-order valence-electron chi connectivity index (χ1n) is 7.25. The van der Waals surface area contributed by atoms with E-state index < -0.39 is 0 Å². The molecule has 100 valence electrons. The third kappa shape index (κ3) is 3.26. The van der Waals surface area contributed by atoms with Gasteiger partial charge >= 0.3 is 0 Å². The molecule has 2 atom stereocenters. The second kappa shape index (κ2) is 6.79. The fourth-order valence-corrected chi connectivity index (χ4v) is 3.05. The summed E-state index contributed by atoms with van der Waals surface area (Å²) in [5.74, 6) is 1.65. The van der Waals surface area contributed by atoms with E-state index in [1.54, 1.807) is 0 Å². The molecule has 2 rings (SSSR count). The van der Waals surface area contributed by atoms with Gasteiger partial charge in [0.1, 0.15) is 5.75 Å². The summed E-state index contributed by atoms with van der Waals surface area (Å²) in [4.78, 5) is 0. The van der Waals surface area contributed by atoms with E-state index in [-0.39, 0.29) is 0 Å². The standard InChI is InChI=1S/C16H25NO/c1-3-18-14-9-7-8-13(12-14)15-10-5-4-6-11-16(15)17-2/h7-9,12,15-17H,3-6,10-11H2,1-2H3. The zero-order valence-corrected chi connectivity index (χ0v) is 11.6. The monoisotopic (exact) mass is 247 g/mol. The predicted octanol–water partition coefficient (Wildman–Crippen LogP) is 3.72. The van der Waals surface area contributed by atoms with Gasteiger partial charge in [-0.05, 0) is 50.4 Å². The highest BCUT2D eigenvalue weighted by Crippen LogP contribution is 2.33. The number of nitrogens with one attached hydrogen (secondary N) is 1. The fourth-order valence-electron chi connectivity index (χ4n) is 3.05. The summed E-state index contributed by atoms with van der Waals surface area (Å²) in [6.45, 7) is 2.78. The average Bonchev–Trinajstić information content (AvgIpc) is 2.64. The quantitative estimate of drug-likeness (QED) is 0.819. The predicted molar refractivity (Wildman–Crippen MR) is 76.3 cm³/mol. The molecule has 1 aromatic carbocycles. The lowest BCUT2D eigenvalue weighted by Gasteiger charge is -2.25. The first-order valence-corrected chi connectivity index (χ1v) is 7.25. The number of hydrogen-bond donors (Lipinski definition) is 1. The van der Waals surface area contributed by atoms with E-state index in [0.717, 1.165) is 12.4 Å². The lowest BCUT2D eigenvalue weighted by Crippen LogP contribution is -2.31. The second-order valence-corrected chi connectivity index (χ2v) is 5.15. The molecule has 0 spiro atoms. The molecular weight excluding hydrogens is 222 g/mol. The van der Waals surface area contributed by atoms with Crippen molar-refractivity contribution in [3.05, 3.63) is 29.8 Å². The maximum absolute atomic E-state index is 5.62. The van der Waals surface area contributed by atoms with E-state index in [2.05, 4.69) is 36.6 Å². The van der Waals surface area contributed by atoms with Gasteiger partial charge in [-0.25, -0.2) is 0 Å². The summed E-state index contributed by atoms with van der Waals surface area (Å²) in [7, 11) is 2.09. The molecule has 0 aliphatic heterocycles. The third-order valence-corrected chi connectivity index (χ3v) is 3.98. The maximum atomic E-state index is 5.62. The summed E-state index contributed by atoms with van der Waals surface area (Å²) in [6.07, 6.45) is 6.66. The van der Waals surface area contributed by atoms with Gasteiger partial charge < -0.3 is 10.1 Å². The Hall–Kier alpha value is -1.02. The summed E-state index contributed by atoms with van der Waals surface area (Å²) in [6, 6.07) is 9.27. The molecule has 1 N–H and O–H groups in total. The van der Waals surface area contributed by atoms with Crippen molar-refractivity contribution in [1.82, 2.24) is 5.32 Å². The normalized spacial score (nSPS) is 24.6. The number of ether oxygens (including phenoxy) is 1. The van der Waals surface area contributed by atoms with Crippen LogP contribution in [-0.2, 0) is 0 Å². The van der Waals surface area contributed by atoms with Crippen molar-refractivity contribution in [3.63, 3.8) is 0 Å². The Labute approximate surface area is 111 Å². The SMILES string of the molecule is CCOc1cccc(C2CCCCCC2NC)c1. The van der Waals surface area contributed by atoms with E-state index in [0.29, 0.717) is 12.0 Å². The Kier molecular flexibility index (Phi) is 5.06. The fraction of sp³-hybridized carbons (Fsp3) is 0.625. The van der Waals surface area contributed by atoms with Gasteiger partial charge in [0.25, 0.3) is 0 Å². The van der Waals surface area contributed by atoms with E-state index in [9.17, 15) is 0 Å². The molecule has 2 unspecified atom stereocenters. The van der Waals surface area contributed by atoms with Crippen LogP contribution >= 0.6 is 0 Å². The topological polar surface area (TPSA) is 21.3 Å². The van der Waals surface area contributed by atoms with Crippen LogP contribution in [0.4, 0.5) is 0 Å². The zero-order chi connectivity index (χ0) is 12.8. The van der Waals surface area contributed by atoms with Crippen molar-refractivity contribution in [3.8, 4) is 5.75 Å². The van der Waals surface area contributed by atoms with E-state index >= 15 is 0 Å². The van der Waals surface area contributed by atoms with Gasteiger partial charge in [0, 0.05) is 6.04 Å². The van der Waals surface area contributed by atoms with Crippen molar-refractivity contribution in [1.29, 1.82) is 0 Å². The first kappa shape index (κ1) is 13.4. The van der Waals surface area contributed by atoms with Crippen LogP contribution in [0.15, 0.2) is 24.3 Å². The van der Waals surface area contributed by atoms with E-state index in [4.69, 9.17) is 4.74 Å². The highest BCUT2D eigenvalue weighted by atomic mass is 16.5. The van der Waals surface area contributed by atoms with Crippen molar-refractivity contribution < 1.29 is 4.74 Å². The second-order valence-electron chi connectivity index (χ2n) is 5.15. The van der Waals surface area contributed by atoms with Crippen LogP contribution in [0.5, 0.6) is 5.75 Å². The minimum atomic E-state index is 0.615. The smallest absolute Gasteiger partial charge is 0.119 e. The zero-order valence-electron chi connectivity index (χ0n) is 11.6. The van der Waals surface area contributed by atoms with Crippen LogP contribution in [0.25, 0.3) is 0 Å². The Balaban J connectivity index is 2.18. The molecule has 0 radical (unpaired) electrons. The third-order valence-electron chi connectivity index (χ3n) is 3.98. The van der Waals surface area contributed by atoms with Gasteiger partial charge in [0.05, 0.1) is 6.61 Å². The minimum Gasteiger partial charge on any atom is -0.494 e. The van der Waals surface area contributed by atoms with Gasteiger partial charge in [-0.15, -0.1) is 0 Å². The summed E-state index contributed by atoms with van der Waals surface area (Å²) in [5, 5.41) is 3.50. The molecule has 1 saturated carbocycles. The Morgan fingerprint density at radius 1 is 1.22 bits per heavy atom. The summed E-state index contributed by atoms with van der Waals surface area (Å²) >= 11 is 0. The average molecular weight is 247 g/mol. The molecule has 0 amide bonds. The molecule has 1 aliphatic rings. The molecule has 1 fully saturated rings.